The quantitative estimate of drug-likeness (QED) is 0.245. The normalized spacial score (nSPS) is 12.0. The zero-order valence-corrected chi connectivity index (χ0v) is 25.7. The van der Waals surface area contributed by atoms with Crippen molar-refractivity contribution in [1.29, 1.82) is 0 Å². The van der Waals surface area contributed by atoms with Crippen LogP contribution in [0.5, 0.6) is 0 Å². The average Bonchev–Trinajstić information content (AvgIpc) is 2.93. The summed E-state index contributed by atoms with van der Waals surface area (Å²) < 4.78 is 27.7. The summed E-state index contributed by atoms with van der Waals surface area (Å²) in [6.45, 7) is 4.28. The van der Waals surface area contributed by atoms with Crippen LogP contribution in [0.4, 0.5) is 5.69 Å². The van der Waals surface area contributed by atoms with Gasteiger partial charge in [-0.2, -0.15) is 0 Å². The molecular weight excluding hydrogens is 590 g/mol. The highest BCUT2D eigenvalue weighted by molar-refractivity contribution is 9.10. The molecule has 3 aromatic carbocycles. The maximum absolute atomic E-state index is 14.1. The van der Waals surface area contributed by atoms with Crippen LogP contribution in [0.2, 0.25) is 0 Å². The summed E-state index contributed by atoms with van der Waals surface area (Å²) in [7, 11) is -3.79. The van der Waals surface area contributed by atoms with Crippen LogP contribution >= 0.6 is 15.9 Å². The molecule has 7 nitrogen and oxygen atoms in total. The Labute approximate surface area is 246 Å². The Morgan fingerprint density at radius 3 is 2.17 bits per heavy atom. The molecule has 0 fully saturated rings. The average molecular weight is 629 g/mol. The van der Waals surface area contributed by atoms with E-state index in [4.69, 9.17) is 0 Å². The Kier molecular flexibility index (Phi) is 11.8. The summed E-state index contributed by atoms with van der Waals surface area (Å²) in [5.74, 6) is -0.726. The van der Waals surface area contributed by atoms with E-state index in [1.165, 1.54) is 4.90 Å². The number of aryl methyl sites for hydroxylation is 1. The van der Waals surface area contributed by atoms with E-state index in [1.54, 1.807) is 12.1 Å². The molecule has 0 aliphatic carbocycles. The van der Waals surface area contributed by atoms with Gasteiger partial charge >= 0.3 is 0 Å². The highest BCUT2D eigenvalue weighted by Gasteiger charge is 2.33. The number of nitrogens with zero attached hydrogens (tertiary/aromatic N) is 2. The number of carbonyl (C=O) groups excluding carboxylic acids is 2. The maximum Gasteiger partial charge on any atom is 0.244 e. The Bertz CT molecular complexity index is 1360. The van der Waals surface area contributed by atoms with Gasteiger partial charge in [0.15, 0.2) is 0 Å². The summed E-state index contributed by atoms with van der Waals surface area (Å²) >= 11 is 3.49. The Morgan fingerprint density at radius 2 is 1.57 bits per heavy atom. The van der Waals surface area contributed by atoms with E-state index in [1.807, 2.05) is 80.6 Å². The van der Waals surface area contributed by atoms with Crippen molar-refractivity contribution >= 4 is 43.5 Å². The van der Waals surface area contributed by atoms with Gasteiger partial charge in [-0.25, -0.2) is 8.42 Å². The molecule has 1 atom stereocenters. The molecule has 0 radical (unpaired) electrons. The number of carbonyl (C=O) groups is 2. The van der Waals surface area contributed by atoms with E-state index < -0.39 is 28.5 Å². The van der Waals surface area contributed by atoms with Crippen molar-refractivity contribution in [2.24, 2.45) is 0 Å². The van der Waals surface area contributed by atoms with Crippen molar-refractivity contribution in [3.63, 3.8) is 0 Å². The highest BCUT2D eigenvalue weighted by Crippen LogP contribution is 2.22. The van der Waals surface area contributed by atoms with Gasteiger partial charge in [0.1, 0.15) is 12.6 Å². The number of hydrogen-bond donors (Lipinski definition) is 1. The minimum Gasteiger partial charge on any atom is -0.354 e. The van der Waals surface area contributed by atoms with Crippen molar-refractivity contribution < 1.29 is 18.0 Å². The number of unbranched alkanes of at least 4 members (excludes halogenated alkanes) is 1. The van der Waals surface area contributed by atoms with Gasteiger partial charge in [-0.1, -0.05) is 90.8 Å². The second-order valence-corrected chi connectivity index (χ2v) is 12.6. The summed E-state index contributed by atoms with van der Waals surface area (Å²) in [6, 6.07) is 23.4. The van der Waals surface area contributed by atoms with Crippen LogP contribution in [0.3, 0.4) is 0 Å². The van der Waals surface area contributed by atoms with E-state index in [-0.39, 0.29) is 12.5 Å². The lowest BCUT2D eigenvalue weighted by molar-refractivity contribution is -0.140. The zero-order valence-electron chi connectivity index (χ0n) is 23.3. The van der Waals surface area contributed by atoms with E-state index >= 15 is 0 Å². The monoisotopic (exact) mass is 627 g/mol. The number of halogens is 1. The minimum absolute atomic E-state index is 0.142. The number of anilines is 1. The zero-order chi connectivity index (χ0) is 29.1. The molecule has 214 valence electrons. The number of hydrogen-bond acceptors (Lipinski definition) is 4. The lowest BCUT2D eigenvalue weighted by atomic mass is 10.0. The first-order valence-electron chi connectivity index (χ1n) is 13.5. The number of sulfonamides is 1. The molecule has 0 aromatic heterocycles. The summed E-state index contributed by atoms with van der Waals surface area (Å²) in [5, 5.41) is 2.99. The molecule has 1 unspecified atom stereocenters. The first-order chi connectivity index (χ1) is 19.1. The Hall–Kier alpha value is -3.17. The molecule has 0 aliphatic heterocycles. The fourth-order valence-corrected chi connectivity index (χ4v) is 5.70. The van der Waals surface area contributed by atoms with Crippen LogP contribution in [-0.4, -0.2) is 50.5 Å². The molecule has 0 spiro atoms. The Balaban J connectivity index is 2.02. The lowest BCUT2D eigenvalue weighted by Gasteiger charge is -2.33. The topological polar surface area (TPSA) is 86.8 Å². The molecule has 0 aliphatic rings. The molecule has 3 rings (SSSR count). The van der Waals surface area contributed by atoms with E-state index in [0.717, 1.165) is 51.0 Å². The predicted molar refractivity (Wildman–Crippen MR) is 165 cm³/mol. The first-order valence-corrected chi connectivity index (χ1v) is 16.2. The van der Waals surface area contributed by atoms with E-state index in [0.29, 0.717) is 18.7 Å². The molecule has 0 saturated carbocycles. The van der Waals surface area contributed by atoms with Gasteiger partial charge in [-0.3, -0.25) is 13.9 Å². The number of amides is 2. The van der Waals surface area contributed by atoms with Gasteiger partial charge in [-0.05, 0) is 53.8 Å². The van der Waals surface area contributed by atoms with Gasteiger partial charge < -0.3 is 10.2 Å². The molecular formula is C31H38BrN3O4S. The van der Waals surface area contributed by atoms with E-state index in [2.05, 4.69) is 21.2 Å². The van der Waals surface area contributed by atoms with Crippen LogP contribution in [0.1, 0.15) is 43.4 Å². The van der Waals surface area contributed by atoms with E-state index in [9.17, 15) is 18.0 Å². The van der Waals surface area contributed by atoms with Gasteiger partial charge in [0.25, 0.3) is 0 Å². The maximum atomic E-state index is 14.1. The second kappa shape index (κ2) is 15.0. The summed E-state index contributed by atoms with van der Waals surface area (Å²) in [6.07, 6.45) is 3.93. The third-order valence-electron chi connectivity index (χ3n) is 6.65. The molecule has 0 heterocycles. The van der Waals surface area contributed by atoms with Crippen LogP contribution in [0.15, 0.2) is 83.3 Å². The standard InChI is InChI=1S/C31H38BrN3O4S/c1-4-6-19-33-31(37)29(21-25-11-8-7-9-12-25)34(22-26-13-10-14-27(32)20-26)30(36)23-35(40(3,38)39)28-17-15-24(5-2)16-18-28/h7-18,20,29H,4-6,19,21-23H2,1-3H3,(H,33,37). The van der Waals surface area contributed by atoms with Crippen molar-refractivity contribution in [2.45, 2.75) is 52.1 Å². The summed E-state index contributed by atoms with van der Waals surface area (Å²) in [4.78, 5) is 29.2. The first kappa shape index (κ1) is 31.4. The minimum atomic E-state index is -3.79. The van der Waals surface area contributed by atoms with Crippen LogP contribution < -0.4 is 9.62 Å². The molecule has 3 aromatic rings. The predicted octanol–water partition coefficient (Wildman–Crippen LogP) is 5.33. The third kappa shape index (κ3) is 9.20. The van der Waals surface area contributed by atoms with Gasteiger partial charge in [0, 0.05) is 24.0 Å². The number of rotatable bonds is 14. The van der Waals surface area contributed by atoms with Gasteiger partial charge in [0.2, 0.25) is 21.8 Å². The fraction of sp³-hybridized carbons (Fsp3) is 0.355. The second-order valence-electron chi connectivity index (χ2n) is 9.79. The third-order valence-corrected chi connectivity index (χ3v) is 8.29. The smallest absolute Gasteiger partial charge is 0.244 e. The Morgan fingerprint density at radius 1 is 0.900 bits per heavy atom. The van der Waals surface area contributed by atoms with Crippen molar-refractivity contribution in [2.75, 3.05) is 23.7 Å². The van der Waals surface area contributed by atoms with Gasteiger partial charge in [-0.15, -0.1) is 0 Å². The molecule has 0 bridgehead atoms. The van der Waals surface area contributed by atoms with Crippen LogP contribution in [0.25, 0.3) is 0 Å². The largest absolute Gasteiger partial charge is 0.354 e. The summed E-state index contributed by atoms with van der Waals surface area (Å²) in [5.41, 5.74) is 3.19. The van der Waals surface area contributed by atoms with Crippen molar-refractivity contribution in [3.8, 4) is 0 Å². The van der Waals surface area contributed by atoms with Gasteiger partial charge in [0.05, 0.1) is 11.9 Å². The molecule has 9 heteroatoms. The molecule has 2 amide bonds. The number of benzene rings is 3. The molecule has 1 N–H and O–H groups in total. The number of nitrogens with one attached hydrogen (secondary N) is 1. The van der Waals surface area contributed by atoms with Crippen molar-refractivity contribution in [1.82, 2.24) is 10.2 Å². The van der Waals surface area contributed by atoms with Crippen LogP contribution in [0, 0.1) is 0 Å². The highest BCUT2D eigenvalue weighted by atomic mass is 79.9. The van der Waals surface area contributed by atoms with Crippen LogP contribution in [-0.2, 0) is 39.0 Å². The lowest BCUT2D eigenvalue weighted by Crippen LogP contribution is -2.53. The molecule has 40 heavy (non-hydrogen) atoms. The van der Waals surface area contributed by atoms with Crippen molar-refractivity contribution in [3.05, 3.63) is 100 Å². The fourth-order valence-electron chi connectivity index (χ4n) is 4.40. The molecule has 0 saturated heterocycles. The SMILES string of the molecule is CCCCNC(=O)C(Cc1ccccc1)N(Cc1cccc(Br)c1)C(=O)CN(c1ccc(CC)cc1)S(C)(=O)=O.